The third kappa shape index (κ3) is 3.90. The molecule has 0 bridgehead atoms. The fourth-order valence-electron chi connectivity index (χ4n) is 2.36. The van der Waals surface area contributed by atoms with Crippen LogP contribution in [0.2, 0.25) is 0 Å². The Balaban J connectivity index is 1.74. The van der Waals surface area contributed by atoms with Gasteiger partial charge in [0.05, 0.1) is 10.9 Å². The molecule has 3 rings (SSSR count). The minimum atomic E-state index is -0.281. The highest BCUT2D eigenvalue weighted by Gasteiger charge is 2.18. The monoisotopic (exact) mass is 361 g/mol. The lowest BCUT2D eigenvalue weighted by atomic mass is 10.1. The Morgan fingerprint density at radius 2 is 1.96 bits per heavy atom. The molecule has 1 aromatic carbocycles. The maximum absolute atomic E-state index is 13.0. The lowest BCUT2D eigenvalue weighted by Gasteiger charge is -2.15. The fraction of sp³-hybridized carbons (Fsp3) is 0.167. The summed E-state index contributed by atoms with van der Waals surface area (Å²) in [5, 5.41) is 14.1. The molecule has 2 N–H and O–H groups in total. The summed E-state index contributed by atoms with van der Waals surface area (Å²) in [5.41, 5.74) is 0.880. The van der Waals surface area contributed by atoms with Crippen molar-refractivity contribution in [3.63, 3.8) is 0 Å². The number of carbonyl (C=O) groups excluding carboxylic acids is 1. The standard InChI is InChI=1S/C18H16FNO2S2/c19-13-5-3-12(4-6-13)15-7-8-17(24-15)18(22)20-14(9-10-21)16-2-1-11-23-16/h1-8,11,14,21H,9-10H2,(H,20,22). The first-order valence-electron chi connectivity index (χ1n) is 7.48. The summed E-state index contributed by atoms with van der Waals surface area (Å²) in [6.07, 6.45) is 0.475. The van der Waals surface area contributed by atoms with Gasteiger partial charge in [-0.15, -0.1) is 22.7 Å². The summed E-state index contributed by atoms with van der Waals surface area (Å²) in [6, 6.07) is 13.5. The van der Waals surface area contributed by atoms with Crippen molar-refractivity contribution in [1.82, 2.24) is 5.32 Å². The summed E-state index contributed by atoms with van der Waals surface area (Å²) >= 11 is 2.92. The summed E-state index contributed by atoms with van der Waals surface area (Å²) < 4.78 is 13.0. The van der Waals surface area contributed by atoms with Crippen LogP contribution in [0.5, 0.6) is 0 Å². The molecular formula is C18H16FNO2S2. The van der Waals surface area contributed by atoms with E-state index in [1.807, 2.05) is 23.6 Å². The van der Waals surface area contributed by atoms with E-state index in [-0.39, 0.29) is 24.4 Å². The van der Waals surface area contributed by atoms with Crippen molar-refractivity contribution in [2.24, 2.45) is 0 Å². The SMILES string of the molecule is O=C(NC(CCO)c1cccs1)c1ccc(-c2ccc(F)cc2)s1. The van der Waals surface area contributed by atoms with Crippen molar-refractivity contribution in [3.05, 3.63) is 69.5 Å². The van der Waals surface area contributed by atoms with E-state index in [1.165, 1.54) is 23.5 Å². The van der Waals surface area contributed by atoms with E-state index in [9.17, 15) is 14.3 Å². The molecule has 1 unspecified atom stereocenters. The van der Waals surface area contributed by atoms with Gasteiger partial charge in [0.25, 0.3) is 5.91 Å². The van der Waals surface area contributed by atoms with E-state index in [2.05, 4.69) is 5.32 Å². The van der Waals surface area contributed by atoms with E-state index in [0.717, 1.165) is 15.3 Å². The number of aliphatic hydroxyl groups excluding tert-OH is 1. The second kappa shape index (κ2) is 7.70. The predicted molar refractivity (Wildman–Crippen MR) is 95.9 cm³/mol. The van der Waals surface area contributed by atoms with E-state index < -0.39 is 0 Å². The molecule has 24 heavy (non-hydrogen) atoms. The number of aliphatic hydroxyl groups is 1. The van der Waals surface area contributed by atoms with Gasteiger partial charge in [0.15, 0.2) is 0 Å². The molecule has 2 heterocycles. The molecule has 0 aliphatic heterocycles. The summed E-state index contributed by atoms with van der Waals surface area (Å²) in [6.45, 7) is 0.00805. The zero-order valence-corrected chi connectivity index (χ0v) is 14.4. The van der Waals surface area contributed by atoms with Crippen molar-refractivity contribution in [2.45, 2.75) is 12.5 Å². The molecule has 3 aromatic rings. The Labute approximate surface area is 147 Å². The van der Waals surface area contributed by atoms with Crippen LogP contribution in [0.25, 0.3) is 10.4 Å². The van der Waals surface area contributed by atoms with Gasteiger partial charge < -0.3 is 10.4 Å². The molecule has 0 spiro atoms. The topological polar surface area (TPSA) is 49.3 Å². The first-order valence-corrected chi connectivity index (χ1v) is 9.18. The zero-order chi connectivity index (χ0) is 16.9. The molecule has 0 aliphatic carbocycles. The molecule has 124 valence electrons. The van der Waals surface area contributed by atoms with E-state index in [0.29, 0.717) is 11.3 Å². The van der Waals surface area contributed by atoms with Crippen LogP contribution in [-0.2, 0) is 0 Å². The van der Waals surface area contributed by atoms with Crippen LogP contribution < -0.4 is 5.32 Å². The van der Waals surface area contributed by atoms with Gasteiger partial charge in [-0.05, 0) is 47.7 Å². The van der Waals surface area contributed by atoms with Gasteiger partial charge in [0.1, 0.15) is 5.82 Å². The number of nitrogens with one attached hydrogen (secondary N) is 1. The molecule has 2 aromatic heterocycles. The zero-order valence-electron chi connectivity index (χ0n) is 12.7. The number of carbonyl (C=O) groups is 1. The van der Waals surface area contributed by atoms with Gasteiger partial charge in [0.2, 0.25) is 0 Å². The maximum Gasteiger partial charge on any atom is 0.261 e. The Kier molecular flexibility index (Phi) is 5.40. The number of hydrogen-bond donors (Lipinski definition) is 2. The lowest BCUT2D eigenvalue weighted by Crippen LogP contribution is -2.28. The van der Waals surface area contributed by atoms with Crippen molar-refractivity contribution in [1.29, 1.82) is 0 Å². The second-order valence-corrected chi connectivity index (χ2v) is 7.29. The Morgan fingerprint density at radius 3 is 2.62 bits per heavy atom. The highest BCUT2D eigenvalue weighted by atomic mass is 32.1. The Hall–Kier alpha value is -2.02. The summed E-state index contributed by atoms with van der Waals surface area (Å²) in [7, 11) is 0. The molecule has 0 fully saturated rings. The number of rotatable bonds is 6. The largest absolute Gasteiger partial charge is 0.396 e. The fourth-order valence-corrected chi connectivity index (χ4v) is 4.09. The average molecular weight is 361 g/mol. The average Bonchev–Trinajstić information content (AvgIpc) is 3.27. The van der Waals surface area contributed by atoms with Crippen molar-refractivity contribution < 1.29 is 14.3 Å². The van der Waals surface area contributed by atoms with Crippen LogP contribution in [0.3, 0.4) is 0 Å². The third-order valence-electron chi connectivity index (χ3n) is 3.57. The van der Waals surface area contributed by atoms with Crippen LogP contribution in [-0.4, -0.2) is 17.6 Å². The molecular weight excluding hydrogens is 345 g/mol. The van der Waals surface area contributed by atoms with Gasteiger partial charge >= 0.3 is 0 Å². The first-order chi connectivity index (χ1) is 11.7. The highest BCUT2D eigenvalue weighted by Crippen LogP contribution is 2.29. The Morgan fingerprint density at radius 1 is 1.17 bits per heavy atom. The van der Waals surface area contributed by atoms with Crippen LogP contribution in [0.1, 0.15) is 27.0 Å². The molecule has 0 saturated carbocycles. The van der Waals surface area contributed by atoms with Gasteiger partial charge in [-0.25, -0.2) is 4.39 Å². The minimum absolute atomic E-state index is 0.00805. The van der Waals surface area contributed by atoms with Crippen LogP contribution in [0.4, 0.5) is 4.39 Å². The van der Waals surface area contributed by atoms with Crippen LogP contribution >= 0.6 is 22.7 Å². The normalized spacial score (nSPS) is 12.1. The first kappa shape index (κ1) is 16.8. The number of amides is 1. The molecule has 6 heteroatoms. The minimum Gasteiger partial charge on any atom is -0.396 e. The molecule has 1 amide bonds. The van der Waals surface area contributed by atoms with Crippen LogP contribution in [0.15, 0.2) is 53.9 Å². The van der Waals surface area contributed by atoms with Gasteiger partial charge in [-0.3, -0.25) is 4.79 Å². The molecule has 0 saturated heterocycles. The number of thiophene rings is 2. The second-order valence-electron chi connectivity index (χ2n) is 5.22. The van der Waals surface area contributed by atoms with Crippen molar-refractivity contribution in [2.75, 3.05) is 6.61 Å². The number of benzene rings is 1. The van der Waals surface area contributed by atoms with E-state index >= 15 is 0 Å². The molecule has 0 radical (unpaired) electrons. The number of halogens is 1. The van der Waals surface area contributed by atoms with Gasteiger partial charge in [-0.2, -0.15) is 0 Å². The Bertz CT molecular complexity index is 797. The van der Waals surface area contributed by atoms with E-state index in [1.54, 1.807) is 29.5 Å². The summed E-state index contributed by atoms with van der Waals surface area (Å²) in [4.78, 5) is 15.0. The third-order valence-corrected chi connectivity index (χ3v) is 5.69. The maximum atomic E-state index is 13.0. The smallest absolute Gasteiger partial charge is 0.261 e. The molecule has 0 aliphatic rings. The van der Waals surface area contributed by atoms with Gasteiger partial charge in [0, 0.05) is 16.4 Å². The van der Waals surface area contributed by atoms with Crippen molar-refractivity contribution in [3.8, 4) is 10.4 Å². The lowest BCUT2D eigenvalue weighted by molar-refractivity contribution is 0.0935. The van der Waals surface area contributed by atoms with Crippen LogP contribution in [0, 0.1) is 5.82 Å². The summed E-state index contributed by atoms with van der Waals surface area (Å²) in [5.74, 6) is -0.448. The molecule has 3 nitrogen and oxygen atoms in total. The predicted octanol–water partition coefficient (Wildman–Crippen LogP) is 4.47. The van der Waals surface area contributed by atoms with E-state index in [4.69, 9.17) is 0 Å². The van der Waals surface area contributed by atoms with Gasteiger partial charge in [-0.1, -0.05) is 18.2 Å². The molecule has 1 atom stereocenters. The number of hydrogen-bond acceptors (Lipinski definition) is 4. The highest BCUT2D eigenvalue weighted by molar-refractivity contribution is 7.17. The van der Waals surface area contributed by atoms with Crippen molar-refractivity contribution >= 4 is 28.6 Å². The quantitative estimate of drug-likeness (QED) is 0.681.